The van der Waals surface area contributed by atoms with Gasteiger partial charge in [0, 0.05) is 22.2 Å². The van der Waals surface area contributed by atoms with Crippen molar-refractivity contribution >= 4 is 16.8 Å². The average molecular weight is 353 g/mol. The summed E-state index contributed by atoms with van der Waals surface area (Å²) in [5.74, 6) is 0.0131. The summed E-state index contributed by atoms with van der Waals surface area (Å²) >= 11 is 0. The number of rotatable bonds is 3. The van der Waals surface area contributed by atoms with E-state index in [0.29, 0.717) is 12.6 Å². The minimum Gasteiger partial charge on any atom is -0.378 e. The Kier molecular flexibility index (Phi) is 4.21. The van der Waals surface area contributed by atoms with Gasteiger partial charge in [0.25, 0.3) is 5.91 Å². The van der Waals surface area contributed by atoms with E-state index in [9.17, 15) is 4.79 Å². The highest BCUT2D eigenvalue weighted by Crippen LogP contribution is 2.29. The number of carbonyl (C=O) groups is 1. The lowest BCUT2D eigenvalue weighted by Crippen LogP contribution is -2.50. The van der Waals surface area contributed by atoms with Gasteiger partial charge in [-0.1, -0.05) is 6.07 Å². The quantitative estimate of drug-likeness (QED) is 0.892. The second-order valence-corrected chi connectivity index (χ2v) is 7.98. The molecule has 3 aliphatic rings. The molecule has 0 bridgehead atoms. The summed E-state index contributed by atoms with van der Waals surface area (Å²) in [6.45, 7) is 3.60. The number of fused-ring (bicyclic) bond motifs is 3. The molecule has 5 heteroatoms. The molecule has 0 spiro atoms. The van der Waals surface area contributed by atoms with Crippen molar-refractivity contribution in [3.63, 3.8) is 0 Å². The largest absolute Gasteiger partial charge is 0.378 e. The maximum atomic E-state index is 12.8. The Hall–Kier alpha value is -1.85. The molecule has 1 aromatic heterocycles. The number of hydrogen-bond acceptors (Lipinski definition) is 3. The van der Waals surface area contributed by atoms with Crippen LogP contribution in [0.25, 0.3) is 10.9 Å². The molecule has 2 fully saturated rings. The van der Waals surface area contributed by atoms with Crippen LogP contribution in [0.2, 0.25) is 0 Å². The SMILES string of the molecule is O=C(NC1COCC1N1CCCC1)c1ccc2c3c([nH]c2c1)CCCC3. The zero-order chi connectivity index (χ0) is 17.5. The van der Waals surface area contributed by atoms with E-state index in [1.54, 1.807) is 0 Å². The highest BCUT2D eigenvalue weighted by Gasteiger charge is 2.35. The second kappa shape index (κ2) is 6.71. The van der Waals surface area contributed by atoms with Gasteiger partial charge < -0.3 is 15.0 Å². The van der Waals surface area contributed by atoms with Crippen molar-refractivity contribution in [2.45, 2.75) is 50.6 Å². The summed E-state index contributed by atoms with van der Waals surface area (Å²) in [4.78, 5) is 18.9. The van der Waals surface area contributed by atoms with Crippen LogP contribution in [0.5, 0.6) is 0 Å². The number of amides is 1. The monoisotopic (exact) mass is 353 g/mol. The average Bonchev–Trinajstić information content (AvgIpc) is 3.40. The van der Waals surface area contributed by atoms with Gasteiger partial charge in [0.2, 0.25) is 0 Å². The molecule has 2 unspecified atom stereocenters. The van der Waals surface area contributed by atoms with Crippen LogP contribution < -0.4 is 5.32 Å². The van der Waals surface area contributed by atoms with E-state index >= 15 is 0 Å². The Morgan fingerprint density at radius 3 is 2.85 bits per heavy atom. The summed E-state index contributed by atoms with van der Waals surface area (Å²) in [5.41, 5.74) is 4.66. The third kappa shape index (κ3) is 2.83. The number of benzene rings is 1. The second-order valence-electron chi connectivity index (χ2n) is 7.98. The van der Waals surface area contributed by atoms with Gasteiger partial charge in [-0.3, -0.25) is 9.69 Å². The number of aryl methyl sites for hydroxylation is 2. The van der Waals surface area contributed by atoms with Crippen molar-refractivity contribution in [2.75, 3.05) is 26.3 Å². The number of ether oxygens (including phenoxy) is 1. The third-order valence-electron chi connectivity index (χ3n) is 6.34. The van der Waals surface area contributed by atoms with Crippen molar-refractivity contribution in [3.05, 3.63) is 35.0 Å². The van der Waals surface area contributed by atoms with Crippen molar-refractivity contribution in [1.29, 1.82) is 0 Å². The Bertz CT molecular complexity index is 822. The fraction of sp³-hybridized carbons (Fsp3) is 0.571. The van der Waals surface area contributed by atoms with Crippen molar-refractivity contribution in [1.82, 2.24) is 15.2 Å². The van der Waals surface area contributed by atoms with Gasteiger partial charge in [0.05, 0.1) is 25.3 Å². The van der Waals surface area contributed by atoms with Crippen LogP contribution in [0.1, 0.15) is 47.3 Å². The first-order chi connectivity index (χ1) is 12.8. The summed E-state index contributed by atoms with van der Waals surface area (Å²) in [6.07, 6.45) is 7.31. The fourth-order valence-corrected chi connectivity index (χ4v) is 4.92. The molecule has 5 nitrogen and oxygen atoms in total. The fourth-order valence-electron chi connectivity index (χ4n) is 4.92. The molecule has 2 aromatic rings. The van der Waals surface area contributed by atoms with E-state index in [1.807, 2.05) is 12.1 Å². The summed E-state index contributed by atoms with van der Waals surface area (Å²) in [5, 5.41) is 4.52. The molecule has 26 heavy (non-hydrogen) atoms. The first-order valence-electron chi connectivity index (χ1n) is 10.1. The lowest BCUT2D eigenvalue weighted by Gasteiger charge is -2.27. The molecule has 1 aromatic carbocycles. The Morgan fingerprint density at radius 1 is 1.12 bits per heavy atom. The van der Waals surface area contributed by atoms with Crippen LogP contribution in [-0.2, 0) is 17.6 Å². The van der Waals surface area contributed by atoms with Crippen LogP contribution >= 0.6 is 0 Å². The number of H-pyrrole nitrogens is 1. The predicted octanol–water partition coefficient (Wildman–Crippen LogP) is 2.64. The lowest BCUT2D eigenvalue weighted by atomic mass is 9.95. The highest BCUT2D eigenvalue weighted by molar-refractivity contribution is 5.99. The van der Waals surface area contributed by atoms with Crippen LogP contribution in [0.3, 0.4) is 0 Å². The van der Waals surface area contributed by atoms with Crippen molar-refractivity contribution in [3.8, 4) is 0 Å². The topological polar surface area (TPSA) is 57.4 Å². The number of nitrogens with zero attached hydrogens (tertiary/aromatic N) is 1. The maximum absolute atomic E-state index is 12.8. The molecular formula is C21H27N3O2. The molecule has 2 N–H and O–H groups in total. The first-order valence-corrected chi connectivity index (χ1v) is 10.1. The van der Waals surface area contributed by atoms with Gasteiger partial charge in [0.1, 0.15) is 0 Å². The molecule has 2 atom stereocenters. The Morgan fingerprint density at radius 2 is 1.96 bits per heavy atom. The van der Waals surface area contributed by atoms with E-state index in [1.165, 1.54) is 42.3 Å². The zero-order valence-corrected chi connectivity index (χ0v) is 15.2. The van der Waals surface area contributed by atoms with Gasteiger partial charge in [-0.25, -0.2) is 0 Å². The number of hydrogen-bond donors (Lipinski definition) is 2. The highest BCUT2D eigenvalue weighted by atomic mass is 16.5. The Labute approximate surface area is 154 Å². The number of carbonyl (C=O) groups excluding carboxylic acids is 1. The van der Waals surface area contributed by atoms with Crippen molar-refractivity contribution < 1.29 is 9.53 Å². The van der Waals surface area contributed by atoms with E-state index in [4.69, 9.17) is 4.74 Å². The maximum Gasteiger partial charge on any atom is 0.251 e. The summed E-state index contributed by atoms with van der Waals surface area (Å²) < 4.78 is 5.68. The Balaban J connectivity index is 1.35. The summed E-state index contributed by atoms with van der Waals surface area (Å²) in [6, 6.07) is 6.52. The number of aromatic amines is 1. The van der Waals surface area contributed by atoms with E-state index in [2.05, 4.69) is 21.3 Å². The molecule has 0 radical (unpaired) electrons. The molecule has 2 saturated heterocycles. The van der Waals surface area contributed by atoms with E-state index in [-0.39, 0.29) is 11.9 Å². The van der Waals surface area contributed by atoms with Crippen molar-refractivity contribution in [2.24, 2.45) is 0 Å². The van der Waals surface area contributed by atoms with E-state index in [0.717, 1.165) is 43.6 Å². The van der Waals surface area contributed by atoms with Gasteiger partial charge in [-0.15, -0.1) is 0 Å². The normalized spacial score (nSPS) is 26.3. The molecule has 3 heterocycles. The minimum absolute atomic E-state index is 0.0131. The molecule has 2 aliphatic heterocycles. The molecule has 1 amide bonds. The van der Waals surface area contributed by atoms with Gasteiger partial charge in [-0.2, -0.15) is 0 Å². The lowest BCUT2D eigenvalue weighted by molar-refractivity contribution is 0.0916. The number of aromatic nitrogens is 1. The molecule has 138 valence electrons. The number of likely N-dealkylation sites (tertiary alicyclic amines) is 1. The molecular weight excluding hydrogens is 326 g/mol. The minimum atomic E-state index is 0.0131. The molecule has 0 saturated carbocycles. The first kappa shape index (κ1) is 16.3. The smallest absolute Gasteiger partial charge is 0.251 e. The predicted molar refractivity (Wildman–Crippen MR) is 102 cm³/mol. The molecule has 5 rings (SSSR count). The van der Waals surface area contributed by atoms with Gasteiger partial charge >= 0.3 is 0 Å². The van der Waals surface area contributed by atoms with Crippen LogP contribution in [-0.4, -0.2) is 54.2 Å². The van der Waals surface area contributed by atoms with Crippen LogP contribution in [0, 0.1) is 0 Å². The summed E-state index contributed by atoms with van der Waals surface area (Å²) in [7, 11) is 0. The zero-order valence-electron chi connectivity index (χ0n) is 15.2. The van der Waals surface area contributed by atoms with Crippen LogP contribution in [0.15, 0.2) is 18.2 Å². The third-order valence-corrected chi connectivity index (χ3v) is 6.34. The molecule has 1 aliphatic carbocycles. The number of nitrogens with one attached hydrogen (secondary N) is 2. The van der Waals surface area contributed by atoms with Gasteiger partial charge in [0.15, 0.2) is 0 Å². The van der Waals surface area contributed by atoms with E-state index < -0.39 is 0 Å². The standard InChI is InChI=1S/C21H27N3O2/c25-21(23-19-12-26-13-20(19)24-9-3-4-10-24)14-7-8-16-15-5-1-2-6-17(15)22-18(16)11-14/h7-8,11,19-20,22H,1-6,9-10,12-13H2,(H,23,25). The van der Waals surface area contributed by atoms with Gasteiger partial charge in [-0.05, 0) is 69.3 Å². The van der Waals surface area contributed by atoms with Crippen LogP contribution in [0.4, 0.5) is 0 Å².